The number of hydrogen-bond acceptors (Lipinski definition) is 3. The first-order chi connectivity index (χ1) is 9.01. The Labute approximate surface area is 116 Å². The second-order valence-corrected chi connectivity index (χ2v) is 5.32. The molecule has 0 aromatic heterocycles. The third kappa shape index (κ3) is 4.20. The molecule has 0 aromatic carbocycles. The molecule has 0 spiro atoms. The van der Waals surface area contributed by atoms with Crippen molar-refractivity contribution in [2.75, 3.05) is 26.2 Å². The Kier molecular flexibility index (Phi) is 6.28. The summed E-state index contributed by atoms with van der Waals surface area (Å²) < 4.78 is 0. The van der Waals surface area contributed by atoms with Gasteiger partial charge in [-0.25, -0.2) is 0 Å². The molecular formula is C14H27N3O2. The Bertz CT molecular complexity index is 320. The van der Waals surface area contributed by atoms with Crippen LogP contribution >= 0.6 is 0 Å². The van der Waals surface area contributed by atoms with Gasteiger partial charge in [-0.3, -0.25) is 9.59 Å². The normalized spacial score (nSPS) is 19.8. The summed E-state index contributed by atoms with van der Waals surface area (Å²) in [7, 11) is 0. The topological polar surface area (TPSA) is 66.6 Å². The lowest BCUT2D eigenvalue weighted by atomic mass is 9.99. The zero-order valence-corrected chi connectivity index (χ0v) is 12.4. The van der Waals surface area contributed by atoms with E-state index in [4.69, 9.17) is 5.73 Å². The van der Waals surface area contributed by atoms with Crippen molar-refractivity contribution < 1.29 is 9.59 Å². The molecule has 1 rings (SSSR count). The molecule has 1 fully saturated rings. The second kappa shape index (κ2) is 7.48. The molecule has 5 nitrogen and oxygen atoms in total. The second-order valence-electron chi connectivity index (χ2n) is 5.32. The summed E-state index contributed by atoms with van der Waals surface area (Å²) in [5, 5.41) is 0. The third-order valence-corrected chi connectivity index (χ3v) is 4.00. The van der Waals surface area contributed by atoms with Gasteiger partial charge in [0, 0.05) is 32.6 Å². The van der Waals surface area contributed by atoms with Crippen molar-refractivity contribution >= 4 is 11.8 Å². The predicted molar refractivity (Wildman–Crippen MR) is 75.5 cm³/mol. The first-order valence-corrected chi connectivity index (χ1v) is 7.33. The maximum absolute atomic E-state index is 12.3. The molecule has 1 saturated heterocycles. The standard InChI is InChI=1S/C14H27N3O2/c1-4-11(3)13(15)14(19)17-8-6-7-16(9-10-17)12(18)5-2/h11,13H,4-10,15H2,1-3H3/t11-,13-/m0/s1. The number of carbonyl (C=O) groups excluding carboxylic acids is 2. The van der Waals surface area contributed by atoms with E-state index in [1.54, 1.807) is 0 Å². The minimum Gasteiger partial charge on any atom is -0.341 e. The molecular weight excluding hydrogens is 242 g/mol. The highest BCUT2D eigenvalue weighted by molar-refractivity contribution is 5.82. The number of nitrogens with zero attached hydrogens (tertiary/aromatic N) is 2. The largest absolute Gasteiger partial charge is 0.341 e. The highest BCUT2D eigenvalue weighted by Gasteiger charge is 2.27. The molecule has 1 aliphatic rings. The summed E-state index contributed by atoms with van der Waals surface area (Å²) in [6.07, 6.45) is 2.27. The van der Waals surface area contributed by atoms with Crippen molar-refractivity contribution in [2.45, 2.75) is 46.1 Å². The minimum atomic E-state index is -0.418. The van der Waals surface area contributed by atoms with E-state index in [2.05, 4.69) is 0 Å². The van der Waals surface area contributed by atoms with Crippen LogP contribution < -0.4 is 5.73 Å². The molecule has 0 aliphatic carbocycles. The summed E-state index contributed by atoms with van der Waals surface area (Å²) in [5.74, 6) is 0.393. The number of carbonyl (C=O) groups is 2. The van der Waals surface area contributed by atoms with E-state index >= 15 is 0 Å². The molecule has 1 aliphatic heterocycles. The lowest BCUT2D eigenvalue weighted by molar-refractivity contribution is -0.135. The smallest absolute Gasteiger partial charge is 0.239 e. The predicted octanol–water partition coefficient (Wildman–Crippen LogP) is 0.831. The number of nitrogens with two attached hydrogens (primary N) is 1. The van der Waals surface area contributed by atoms with E-state index in [0.29, 0.717) is 26.1 Å². The fraction of sp³-hybridized carbons (Fsp3) is 0.857. The highest BCUT2D eigenvalue weighted by atomic mass is 16.2. The van der Waals surface area contributed by atoms with Gasteiger partial charge in [-0.2, -0.15) is 0 Å². The van der Waals surface area contributed by atoms with Crippen molar-refractivity contribution in [3.63, 3.8) is 0 Å². The Balaban J connectivity index is 2.57. The molecule has 2 amide bonds. The van der Waals surface area contributed by atoms with E-state index in [-0.39, 0.29) is 17.7 Å². The van der Waals surface area contributed by atoms with E-state index in [9.17, 15) is 9.59 Å². The molecule has 0 unspecified atom stereocenters. The molecule has 0 radical (unpaired) electrons. The van der Waals surface area contributed by atoms with Crippen LogP contribution in [0.2, 0.25) is 0 Å². The SMILES string of the molecule is CCC(=O)N1CCCN(C(=O)[C@@H](N)[C@@H](C)CC)CC1. The summed E-state index contributed by atoms with van der Waals surface area (Å²) in [4.78, 5) is 27.6. The minimum absolute atomic E-state index is 0.0279. The zero-order valence-electron chi connectivity index (χ0n) is 12.4. The van der Waals surface area contributed by atoms with Crippen LogP contribution in [0.3, 0.4) is 0 Å². The Morgan fingerprint density at radius 1 is 1.11 bits per heavy atom. The first-order valence-electron chi connectivity index (χ1n) is 7.33. The van der Waals surface area contributed by atoms with E-state index in [1.807, 2.05) is 30.6 Å². The van der Waals surface area contributed by atoms with Gasteiger partial charge in [0.05, 0.1) is 6.04 Å². The van der Waals surface area contributed by atoms with Crippen LogP contribution in [0.15, 0.2) is 0 Å². The van der Waals surface area contributed by atoms with Crippen molar-refractivity contribution in [2.24, 2.45) is 11.7 Å². The fourth-order valence-corrected chi connectivity index (χ4v) is 2.32. The summed E-state index contributed by atoms with van der Waals surface area (Å²) >= 11 is 0. The number of rotatable bonds is 4. The van der Waals surface area contributed by atoms with Crippen LogP contribution in [-0.4, -0.2) is 53.8 Å². The molecule has 0 saturated carbocycles. The highest BCUT2D eigenvalue weighted by Crippen LogP contribution is 2.11. The van der Waals surface area contributed by atoms with Gasteiger partial charge in [-0.15, -0.1) is 0 Å². The van der Waals surface area contributed by atoms with Crippen LogP contribution in [0, 0.1) is 5.92 Å². The molecule has 110 valence electrons. The van der Waals surface area contributed by atoms with Crippen LogP contribution in [0.25, 0.3) is 0 Å². The number of hydrogen-bond donors (Lipinski definition) is 1. The fourth-order valence-electron chi connectivity index (χ4n) is 2.32. The van der Waals surface area contributed by atoms with Gasteiger partial charge in [-0.1, -0.05) is 27.2 Å². The molecule has 0 aromatic rings. The maximum Gasteiger partial charge on any atom is 0.239 e. The monoisotopic (exact) mass is 269 g/mol. The molecule has 0 bridgehead atoms. The van der Waals surface area contributed by atoms with Gasteiger partial charge < -0.3 is 15.5 Å². The molecule has 2 atom stereocenters. The van der Waals surface area contributed by atoms with Crippen molar-refractivity contribution in [1.82, 2.24) is 9.80 Å². The van der Waals surface area contributed by atoms with Gasteiger partial charge in [0.1, 0.15) is 0 Å². The number of amides is 2. The van der Waals surface area contributed by atoms with Gasteiger partial charge in [0.15, 0.2) is 0 Å². The average Bonchev–Trinajstić information content (AvgIpc) is 2.69. The Morgan fingerprint density at radius 2 is 1.68 bits per heavy atom. The van der Waals surface area contributed by atoms with Gasteiger partial charge >= 0.3 is 0 Å². The van der Waals surface area contributed by atoms with Gasteiger partial charge in [0.25, 0.3) is 0 Å². The van der Waals surface area contributed by atoms with E-state index in [1.165, 1.54) is 0 Å². The lowest BCUT2D eigenvalue weighted by Gasteiger charge is -2.27. The van der Waals surface area contributed by atoms with Crippen molar-refractivity contribution in [3.05, 3.63) is 0 Å². The Hall–Kier alpha value is -1.10. The molecule has 19 heavy (non-hydrogen) atoms. The van der Waals surface area contributed by atoms with Crippen molar-refractivity contribution in [3.8, 4) is 0 Å². The third-order valence-electron chi connectivity index (χ3n) is 4.00. The van der Waals surface area contributed by atoms with E-state index < -0.39 is 6.04 Å². The van der Waals surface area contributed by atoms with Crippen LogP contribution in [-0.2, 0) is 9.59 Å². The lowest BCUT2D eigenvalue weighted by Crippen LogP contribution is -2.48. The summed E-state index contributed by atoms with van der Waals surface area (Å²) in [6, 6.07) is -0.418. The quantitative estimate of drug-likeness (QED) is 0.822. The van der Waals surface area contributed by atoms with Gasteiger partial charge in [0.2, 0.25) is 11.8 Å². The molecule has 1 heterocycles. The maximum atomic E-state index is 12.3. The van der Waals surface area contributed by atoms with Crippen LogP contribution in [0.4, 0.5) is 0 Å². The zero-order chi connectivity index (χ0) is 14.4. The summed E-state index contributed by atoms with van der Waals surface area (Å²) in [5.41, 5.74) is 6.00. The van der Waals surface area contributed by atoms with Crippen LogP contribution in [0.1, 0.15) is 40.0 Å². The average molecular weight is 269 g/mol. The molecule has 5 heteroatoms. The van der Waals surface area contributed by atoms with Crippen molar-refractivity contribution in [1.29, 1.82) is 0 Å². The summed E-state index contributed by atoms with van der Waals surface area (Å²) in [6.45, 7) is 8.61. The first kappa shape index (κ1) is 16.0. The van der Waals surface area contributed by atoms with Gasteiger partial charge in [-0.05, 0) is 12.3 Å². The Morgan fingerprint density at radius 3 is 2.26 bits per heavy atom. The van der Waals surface area contributed by atoms with Crippen LogP contribution in [0.5, 0.6) is 0 Å². The van der Waals surface area contributed by atoms with E-state index in [0.717, 1.165) is 19.4 Å². The molecule has 2 N–H and O–H groups in total.